The minimum Gasteiger partial charge on any atom is -0.496 e. The lowest BCUT2D eigenvalue weighted by molar-refractivity contribution is 0.102. The molecule has 0 spiro atoms. The molecule has 35 heavy (non-hydrogen) atoms. The predicted octanol–water partition coefficient (Wildman–Crippen LogP) is 3.96. The molecule has 2 aromatic carbocycles. The first-order valence-electron chi connectivity index (χ1n) is 11.3. The summed E-state index contributed by atoms with van der Waals surface area (Å²) in [5.41, 5.74) is 0.709. The molecule has 1 saturated carbocycles. The van der Waals surface area contributed by atoms with Crippen LogP contribution in [0, 0.1) is 0 Å². The summed E-state index contributed by atoms with van der Waals surface area (Å²) in [6.45, 7) is 0. The molecule has 11 heteroatoms. The van der Waals surface area contributed by atoms with Gasteiger partial charge >= 0.3 is 6.01 Å². The number of anilines is 1. The molecule has 0 saturated heterocycles. The number of amides is 1. The molecule has 4 rings (SSSR count). The van der Waals surface area contributed by atoms with Gasteiger partial charge in [-0.2, -0.15) is 4.31 Å². The molecule has 0 radical (unpaired) electrons. The van der Waals surface area contributed by atoms with Crippen molar-refractivity contribution >= 4 is 21.9 Å². The van der Waals surface area contributed by atoms with Gasteiger partial charge in [-0.3, -0.25) is 10.1 Å². The smallest absolute Gasteiger partial charge is 0.322 e. The van der Waals surface area contributed by atoms with Gasteiger partial charge < -0.3 is 13.9 Å². The van der Waals surface area contributed by atoms with E-state index in [4.69, 9.17) is 13.9 Å². The fraction of sp³-hybridized carbons (Fsp3) is 0.375. The van der Waals surface area contributed by atoms with Crippen molar-refractivity contribution in [2.45, 2.75) is 43.0 Å². The minimum atomic E-state index is -3.64. The highest BCUT2D eigenvalue weighted by Gasteiger charge is 2.29. The van der Waals surface area contributed by atoms with Crippen LogP contribution in [0.5, 0.6) is 11.5 Å². The number of aromatic nitrogens is 2. The monoisotopic (exact) mass is 500 g/mol. The molecule has 1 N–H and O–H groups in total. The number of nitrogens with zero attached hydrogens (tertiary/aromatic N) is 3. The van der Waals surface area contributed by atoms with E-state index in [0.717, 1.165) is 32.1 Å². The van der Waals surface area contributed by atoms with Crippen LogP contribution in [0.4, 0.5) is 6.01 Å². The Hall–Kier alpha value is -3.44. The molecular formula is C24H28N4O6S. The summed E-state index contributed by atoms with van der Waals surface area (Å²) in [5, 5.41) is 10.4. The van der Waals surface area contributed by atoms with Gasteiger partial charge in [-0.05, 0) is 49.2 Å². The lowest BCUT2D eigenvalue weighted by atomic mass is 9.96. The summed E-state index contributed by atoms with van der Waals surface area (Å²) in [4.78, 5) is 12.8. The fourth-order valence-electron chi connectivity index (χ4n) is 4.19. The lowest BCUT2D eigenvalue weighted by Gasteiger charge is -2.30. The molecule has 0 unspecified atom stereocenters. The number of carbonyl (C=O) groups is 1. The van der Waals surface area contributed by atoms with Gasteiger partial charge in [-0.1, -0.05) is 30.4 Å². The number of hydrogen-bond donors (Lipinski definition) is 1. The van der Waals surface area contributed by atoms with Gasteiger partial charge in [0.25, 0.3) is 11.8 Å². The molecular weight excluding hydrogens is 472 g/mol. The highest BCUT2D eigenvalue weighted by Crippen LogP contribution is 2.37. The van der Waals surface area contributed by atoms with E-state index in [1.165, 1.54) is 42.8 Å². The predicted molar refractivity (Wildman–Crippen MR) is 129 cm³/mol. The number of methoxy groups -OCH3 is 2. The Morgan fingerprint density at radius 3 is 2.23 bits per heavy atom. The zero-order chi connectivity index (χ0) is 25.0. The number of benzene rings is 2. The van der Waals surface area contributed by atoms with Crippen LogP contribution in [-0.2, 0) is 10.0 Å². The highest BCUT2D eigenvalue weighted by molar-refractivity contribution is 7.89. The lowest BCUT2D eigenvalue weighted by Crippen LogP contribution is -2.38. The third-order valence-corrected chi connectivity index (χ3v) is 8.09. The quantitative estimate of drug-likeness (QED) is 0.493. The van der Waals surface area contributed by atoms with Crippen LogP contribution < -0.4 is 14.8 Å². The number of hydrogen-bond acceptors (Lipinski definition) is 8. The first-order chi connectivity index (χ1) is 16.8. The van der Waals surface area contributed by atoms with E-state index in [1.54, 1.807) is 25.2 Å². The molecule has 0 aliphatic heterocycles. The average molecular weight is 501 g/mol. The maximum atomic E-state index is 13.0. The van der Waals surface area contributed by atoms with Crippen molar-refractivity contribution in [1.29, 1.82) is 0 Å². The summed E-state index contributed by atoms with van der Waals surface area (Å²) >= 11 is 0. The minimum absolute atomic E-state index is 0.00492. The molecule has 1 aromatic heterocycles. The Morgan fingerprint density at radius 2 is 1.63 bits per heavy atom. The molecule has 0 bridgehead atoms. The van der Waals surface area contributed by atoms with Gasteiger partial charge in [0.05, 0.1) is 19.1 Å². The normalized spacial score (nSPS) is 14.6. The fourth-order valence-corrected chi connectivity index (χ4v) is 5.61. The summed E-state index contributed by atoms with van der Waals surface area (Å²) in [6, 6.07) is 10.9. The Bertz CT molecular complexity index is 1260. The Labute approximate surface area is 204 Å². The first kappa shape index (κ1) is 24.7. The maximum Gasteiger partial charge on any atom is 0.322 e. The number of sulfonamides is 1. The molecule has 0 atom stereocenters. The zero-order valence-corrected chi connectivity index (χ0v) is 20.7. The molecule has 3 aromatic rings. The van der Waals surface area contributed by atoms with E-state index < -0.39 is 15.9 Å². The number of nitrogens with one attached hydrogen (secondary N) is 1. The van der Waals surface area contributed by atoms with E-state index >= 15 is 0 Å². The highest BCUT2D eigenvalue weighted by atomic mass is 32.2. The Balaban J connectivity index is 1.48. The van der Waals surface area contributed by atoms with Crippen molar-refractivity contribution < 1.29 is 27.1 Å². The van der Waals surface area contributed by atoms with Crippen molar-refractivity contribution in [3.8, 4) is 23.0 Å². The SMILES string of the molecule is COc1cccc(OC)c1-c1nnc(NC(=O)c2ccc(S(=O)(=O)N(C)C3CCCCC3)cc2)o1. The van der Waals surface area contributed by atoms with Crippen LogP contribution in [0.25, 0.3) is 11.5 Å². The Kier molecular flexibility index (Phi) is 7.37. The van der Waals surface area contributed by atoms with Gasteiger partial charge in [-0.15, -0.1) is 5.10 Å². The van der Waals surface area contributed by atoms with Gasteiger partial charge in [0, 0.05) is 18.7 Å². The topological polar surface area (TPSA) is 124 Å². The second-order valence-corrected chi connectivity index (χ2v) is 10.2. The van der Waals surface area contributed by atoms with E-state index in [0.29, 0.717) is 17.1 Å². The van der Waals surface area contributed by atoms with Crippen molar-refractivity contribution in [3.63, 3.8) is 0 Å². The second-order valence-electron chi connectivity index (χ2n) is 8.24. The Morgan fingerprint density at radius 1 is 1.00 bits per heavy atom. The maximum absolute atomic E-state index is 13.0. The average Bonchev–Trinajstić information content (AvgIpc) is 3.36. The van der Waals surface area contributed by atoms with Crippen molar-refractivity contribution in [2.75, 3.05) is 26.6 Å². The van der Waals surface area contributed by atoms with Gasteiger partial charge in [0.2, 0.25) is 10.0 Å². The molecule has 1 heterocycles. The molecule has 1 amide bonds. The van der Waals surface area contributed by atoms with E-state index in [1.807, 2.05) is 0 Å². The summed E-state index contributed by atoms with van der Waals surface area (Å²) < 4.78 is 43.8. The zero-order valence-electron chi connectivity index (χ0n) is 19.9. The van der Waals surface area contributed by atoms with E-state index in [-0.39, 0.29) is 28.4 Å². The number of ether oxygens (including phenoxy) is 2. The molecule has 1 aliphatic rings. The molecule has 1 aliphatic carbocycles. The van der Waals surface area contributed by atoms with Crippen LogP contribution in [0.2, 0.25) is 0 Å². The summed E-state index contributed by atoms with van der Waals surface area (Å²) in [6.07, 6.45) is 4.93. The van der Waals surface area contributed by atoms with Gasteiger partial charge in [0.1, 0.15) is 17.1 Å². The van der Waals surface area contributed by atoms with Crippen LogP contribution in [0.15, 0.2) is 51.8 Å². The molecule has 10 nitrogen and oxygen atoms in total. The van der Waals surface area contributed by atoms with Gasteiger partial charge in [0.15, 0.2) is 0 Å². The van der Waals surface area contributed by atoms with E-state index in [9.17, 15) is 13.2 Å². The van der Waals surface area contributed by atoms with Crippen LogP contribution in [-0.4, -0.2) is 56.1 Å². The van der Waals surface area contributed by atoms with Crippen molar-refractivity contribution in [2.24, 2.45) is 0 Å². The number of rotatable bonds is 8. The van der Waals surface area contributed by atoms with Crippen LogP contribution >= 0.6 is 0 Å². The standard InChI is InChI=1S/C24H28N4O6S/c1-28(17-8-5-4-6-9-17)35(30,31)18-14-12-16(13-15-18)22(29)25-24-27-26-23(34-24)21-19(32-2)10-7-11-20(21)33-3/h7,10-15,17H,4-6,8-9H2,1-3H3,(H,25,27,29). The molecule has 1 fully saturated rings. The number of carbonyl (C=O) groups excluding carboxylic acids is 1. The van der Waals surface area contributed by atoms with Crippen LogP contribution in [0.1, 0.15) is 42.5 Å². The van der Waals surface area contributed by atoms with Crippen molar-refractivity contribution in [3.05, 3.63) is 48.0 Å². The second kappa shape index (κ2) is 10.4. The molecule has 186 valence electrons. The largest absolute Gasteiger partial charge is 0.496 e. The first-order valence-corrected chi connectivity index (χ1v) is 12.7. The third kappa shape index (κ3) is 5.15. The van der Waals surface area contributed by atoms with Crippen LogP contribution in [0.3, 0.4) is 0 Å². The summed E-state index contributed by atoms with van der Waals surface area (Å²) in [7, 11) is 0.993. The van der Waals surface area contributed by atoms with E-state index in [2.05, 4.69) is 15.5 Å². The summed E-state index contributed by atoms with van der Waals surface area (Å²) in [5.74, 6) is 0.542. The van der Waals surface area contributed by atoms with Crippen molar-refractivity contribution in [1.82, 2.24) is 14.5 Å². The third-order valence-electron chi connectivity index (χ3n) is 6.17. The van der Waals surface area contributed by atoms with Gasteiger partial charge in [-0.25, -0.2) is 8.42 Å².